The van der Waals surface area contributed by atoms with E-state index in [0.717, 1.165) is 13.0 Å². The Morgan fingerprint density at radius 2 is 2.05 bits per heavy atom. The van der Waals surface area contributed by atoms with Gasteiger partial charge in [-0.05, 0) is 39.2 Å². The molecule has 0 aliphatic rings. The number of hydrogen-bond acceptors (Lipinski definition) is 5. The highest BCUT2D eigenvalue weighted by molar-refractivity contribution is 7.89. The van der Waals surface area contributed by atoms with Crippen molar-refractivity contribution in [2.75, 3.05) is 40.0 Å². The maximum absolute atomic E-state index is 12.1. The van der Waals surface area contributed by atoms with Crippen LogP contribution >= 0.6 is 0 Å². The van der Waals surface area contributed by atoms with Crippen LogP contribution in [0.5, 0.6) is 5.75 Å². The van der Waals surface area contributed by atoms with Gasteiger partial charge in [0.15, 0.2) is 0 Å². The van der Waals surface area contributed by atoms with Crippen LogP contribution in [0, 0.1) is 0 Å². The van der Waals surface area contributed by atoms with E-state index in [4.69, 9.17) is 10.5 Å². The monoisotopic (exact) mass is 287 g/mol. The van der Waals surface area contributed by atoms with E-state index in [2.05, 4.69) is 4.72 Å². The number of sulfonamides is 1. The fourth-order valence-electron chi connectivity index (χ4n) is 1.58. The Kier molecular flexibility index (Phi) is 5.59. The first-order valence-electron chi connectivity index (χ1n) is 5.94. The lowest BCUT2D eigenvalue weighted by Gasteiger charge is -2.12. The zero-order valence-electron chi connectivity index (χ0n) is 11.5. The van der Waals surface area contributed by atoms with Gasteiger partial charge in [-0.1, -0.05) is 0 Å². The first-order valence-corrected chi connectivity index (χ1v) is 7.43. The van der Waals surface area contributed by atoms with Gasteiger partial charge in [-0.3, -0.25) is 0 Å². The molecule has 0 saturated carbocycles. The third-order valence-corrected chi connectivity index (χ3v) is 4.12. The smallest absolute Gasteiger partial charge is 0.242 e. The molecule has 108 valence electrons. The molecule has 0 unspecified atom stereocenters. The number of benzene rings is 1. The van der Waals surface area contributed by atoms with E-state index < -0.39 is 10.0 Å². The molecule has 0 heterocycles. The van der Waals surface area contributed by atoms with Gasteiger partial charge in [0.1, 0.15) is 10.6 Å². The molecule has 1 aromatic carbocycles. The zero-order valence-corrected chi connectivity index (χ0v) is 12.3. The summed E-state index contributed by atoms with van der Waals surface area (Å²) in [5.41, 5.74) is 5.91. The van der Waals surface area contributed by atoms with Crippen molar-refractivity contribution in [2.24, 2.45) is 0 Å². The van der Waals surface area contributed by atoms with Crippen molar-refractivity contribution >= 4 is 15.7 Å². The molecule has 0 amide bonds. The van der Waals surface area contributed by atoms with Gasteiger partial charge in [0.25, 0.3) is 0 Å². The minimum absolute atomic E-state index is 0.0816. The predicted octanol–water partition coefficient (Wildman–Crippen LogP) is 0.507. The molecule has 0 aliphatic heterocycles. The number of ether oxygens (including phenoxy) is 1. The van der Waals surface area contributed by atoms with E-state index >= 15 is 0 Å². The van der Waals surface area contributed by atoms with E-state index in [1.165, 1.54) is 19.2 Å². The number of anilines is 1. The van der Waals surface area contributed by atoms with E-state index in [1.54, 1.807) is 6.07 Å². The molecular formula is C12H21N3O3S. The summed E-state index contributed by atoms with van der Waals surface area (Å²) in [7, 11) is 1.82. The lowest BCUT2D eigenvalue weighted by molar-refractivity contribution is 0.400. The van der Waals surface area contributed by atoms with Crippen LogP contribution < -0.4 is 15.2 Å². The van der Waals surface area contributed by atoms with E-state index in [1.807, 2.05) is 19.0 Å². The molecule has 0 aromatic heterocycles. The van der Waals surface area contributed by atoms with Crippen LogP contribution in [0.1, 0.15) is 6.42 Å². The van der Waals surface area contributed by atoms with Crippen LogP contribution in [-0.4, -0.2) is 47.6 Å². The Morgan fingerprint density at radius 1 is 1.37 bits per heavy atom. The molecule has 0 fully saturated rings. The Hall–Kier alpha value is -1.31. The SMILES string of the molecule is COc1ccc(S(=O)(=O)NCCCN(C)C)c(N)c1. The molecular weight excluding hydrogens is 266 g/mol. The summed E-state index contributed by atoms with van der Waals surface area (Å²) < 4.78 is 31.6. The fraction of sp³-hybridized carbons (Fsp3) is 0.500. The summed E-state index contributed by atoms with van der Waals surface area (Å²) in [6, 6.07) is 4.52. The number of methoxy groups -OCH3 is 1. The Labute approximate surface area is 114 Å². The summed E-state index contributed by atoms with van der Waals surface area (Å²) in [6.45, 7) is 1.20. The average Bonchev–Trinajstić information content (AvgIpc) is 2.34. The van der Waals surface area contributed by atoms with Crippen LogP contribution in [0.15, 0.2) is 23.1 Å². The van der Waals surface area contributed by atoms with Crippen molar-refractivity contribution < 1.29 is 13.2 Å². The van der Waals surface area contributed by atoms with E-state index in [0.29, 0.717) is 12.3 Å². The highest BCUT2D eigenvalue weighted by Crippen LogP contribution is 2.23. The molecule has 1 aromatic rings. The van der Waals surface area contributed by atoms with Crippen molar-refractivity contribution in [2.45, 2.75) is 11.3 Å². The lowest BCUT2D eigenvalue weighted by atomic mass is 10.3. The summed E-state index contributed by atoms with van der Waals surface area (Å²) in [5.74, 6) is 0.532. The Bertz CT molecular complexity index is 515. The number of rotatable bonds is 7. The molecule has 0 atom stereocenters. The van der Waals surface area contributed by atoms with E-state index in [9.17, 15) is 8.42 Å². The molecule has 1 rings (SSSR count). The summed E-state index contributed by atoms with van der Waals surface area (Å²) in [4.78, 5) is 2.08. The first-order chi connectivity index (χ1) is 8.86. The van der Waals surface area contributed by atoms with Crippen molar-refractivity contribution in [3.63, 3.8) is 0 Å². The number of hydrogen-bond donors (Lipinski definition) is 2. The van der Waals surface area contributed by atoms with Crippen LogP contribution in [0.4, 0.5) is 5.69 Å². The van der Waals surface area contributed by atoms with Crippen molar-refractivity contribution in [3.05, 3.63) is 18.2 Å². The largest absolute Gasteiger partial charge is 0.497 e. The Morgan fingerprint density at radius 3 is 2.58 bits per heavy atom. The van der Waals surface area contributed by atoms with Crippen molar-refractivity contribution in [3.8, 4) is 5.75 Å². The molecule has 3 N–H and O–H groups in total. The second-order valence-corrected chi connectivity index (χ2v) is 6.19. The summed E-state index contributed by atoms with van der Waals surface area (Å²) in [5, 5.41) is 0. The topological polar surface area (TPSA) is 84.7 Å². The Balaban J connectivity index is 2.72. The third-order valence-electron chi connectivity index (χ3n) is 2.58. The van der Waals surface area contributed by atoms with Gasteiger partial charge in [-0.25, -0.2) is 13.1 Å². The molecule has 0 radical (unpaired) electrons. The number of nitrogens with two attached hydrogens (primary N) is 1. The standard InChI is InChI=1S/C12H21N3O3S/c1-15(2)8-4-7-14-19(16,17)12-6-5-10(18-3)9-11(12)13/h5-6,9,14H,4,7-8,13H2,1-3H3. The van der Waals surface area contributed by atoms with Crippen LogP contribution in [0.2, 0.25) is 0 Å². The van der Waals surface area contributed by atoms with Crippen LogP contribution in [0.25, 0.3) is 0 Å². The quantitative estimate of drug-likeness (QED) is 0.564. The van der Waals surface area contributed by atoms with Gasteiger partial charge in [0, 0.05) is 12.6 Å². The minimum Gasteiger partial charge on any atom is -0.497 e. The second kappa shape index (κ2) is 6.74. The number of nitrogen functional groups attached to an aromatic ring is 1. The predicted molar refractivity (Wildman–Crippen MR) is 75.8 cm³/mol. The zero-order chi connectivity index (χ0) is 14.5. The van der Waals surface area contributed by atoms with Crippen LogP contribution in [0.3, 0.4) is 0 Å². The molecule has 7 heteroatoms. The fourth-order valence-corrected chi connectivity index (χ4v) is 2.76. The molecule has 0 spiro atoms. The third kappa shape index (κ3) is 4.70. The van der Waals surface area contributed by atoms with Crippen molar-refractivity contribution in [1.29, 1.82) is 0 Å². The van der Waals surface area contributed by atoms with Gasteiger partial charge < -0.3 is 15.4 Å². The maximum atomic E-state index is 12.1. The van der Waals surface area contributed by atoms with Gasteiger partial charge in [0.05, 0.1) is 12.8 Å². The number of nitrogens with one attached hydrogen (secondary N) is 1. The average molecular weight is 287 g/mol. The highest BCUT2D eigenvalue weighted by Gasteiger charge is 2.17. The molecule has 19 heavy (non-hydrogen) atoms. The van der Waals surface area contributed by atoms with Gasteiger partial charge >= 0.3 is 0 Å². The second-order valence-electron chi connectivity index (χ2n) is 4.46. The first kappa shape index (κ1) is 15.7. The minimum atomic E-state index is -3.56. The van der Waals surface area contributed by atoms with Crippen molar-refractivity contribution in [1.82, 2.24) is 9.62 Å². The lowest BCUT2D eigenvalue weighted by Crippen LogP contribution is -2.27. The molecule has 0 saturated heterocycles. The molecule has 6 nitrogen and oxygen atoms in total. The van der Waals surface area contributed by atoms with Gasteiger partial charge in [0.2, 0.25) is 10.0 Å². The highest BCUT2D eigenvalue weighted by atomic mass is 32.2. The molecule has 0 bridgehead atoms. The molecule has 0 aliphatic carbocycles. The van der Waals surface area contributed by atoms with Crippen LogP contribution in [-0.2, 0) is 10.0 Å². The van der Waals surface area contributed by atoms with E-state index in [-0.39, 0.29) is 10.6 Å². The summed E-state index contributed by atoms with van der Waals surface area (Å²) in [6.07, 6.45) is 0.738. The van der Waals surface area contributed by atoms with Gasteiger partial charge in [-0.2, -0.15) is 0 Å². The number of nitrogens with zero attached hydrogens (tertiary/aromatic N) is 1. The maximum Gasteiger partial charge on any atom is 0.242 e. The summed E-state index contributed by atoms with van der Waals surface area (Å²) >= 11 is 0. The normalized spacial score (nSPS) is 11.8. The van der Waals surface area contributed by atoms with Gasteiger partial charge in [-0.15, -0.1) is 0 Å².